The molecule has 2 rings (SSSR count). The Balaban J connectivity index is 2.84. The van der Waals surface area contributed by atoms with Crippen LogP contribution in [0.15, 0.2) is 21.0 Å². The maximum Gasteiger partial charge on any atom is 0.330 e. The van der Waals surface area contributed by atoms with Crippen molar-refractivity contribution in [3.05, 3.63) is 32.3 Å². The number of nitrogens with zero attached hydrogens (tertiary/aromatic N) is 1. The van der Waals surface area contributed by atoms with Gasteiger partial charge in [-0.15, -0.1) is 11.3 Å². The summed E-state index contributed by atoms with van der Waals surface area (Å²) >= 11 is 1.23. The van der Waals surface area contributed by atoms with Gasteiger partial charge in [0.15, 0.2) is 0 Å². The van der Waals surface area contributed by atoms with Crippen molar-refractivity contribution in [3.63, 3.8) is 0 Å². The summed E-state index contributed by atoms with van der Waals surface area (Å²) in [5.74, 6) is -1.22. The Hall–Kier alpha value is -1.89. The van der Waals surface area contributed by atoms with Crippen molar-refractivity contribution < 1.29 is 9.90 Å². The molecule has 0 fully saturated rings. The third-order valence-corrected chi connectivity index (χ3v) is 3.13. The summed E-state index contributed by atoms with van der Waals surface area (Å²) < 4.78 is 0.706. The fraction of sp³-hybridized carbons (Fsp3) is 0.222. The van der Waals surface area contributed by atoms with Crippen LogP contribution in [-0.4, -0.2) is 20.6 Å². The van der Waals surface area contributed by atoms with Crippen LogP contribution in [0.4, 0.5) is 0 Å². The van der Waals surface area contributed by atoms with Gasteiger partial charge in [0.2, 0.25) is 0 Å². The van der Waals surface area contributed by atoms with E-state index in [-0.39, 0.29) is 0 Å². The number of H-pyrrole nitrogens is 1. The lowest BCUT2D eigenvalue weighted by atomic mass is 10.3. The molecule has 0 aromatic carbocycles. The van der Waals surface area contributed by atoms with Gasteiger partial charge in [0.05, 0.1) is 5.39 Å². The average Bonchev–Trinajstić information content (AvgIpc) is 2.65. The molecule has 1 atom stereocenters. The summed E-state index contributed by atoms with van der Waals surface area (Å²) in [7, 11) is 0. The molecule has 0 bridgehead atoms. The van der Waals surface area contributed by atoms with E-state index in [1.807, 2.05) is 0 Å². The molecule has 7 heteroatoms. The molecular weight excluding hydrogens is 232 g/mol. The largest absolute Gasteiger partial charge is 0.480 e. The van der Waals surface area contributed by atoms with Crippen LogP contribution in [-0.2, 0) is 4.79 Å². The zero-order chi connectivity index (χ0) is 11.9. The fourth-order valence-electron chi connectivity index (χ4n) is 1.42. The highest BCUT2D eigenvalue weighted by atomic mass is 32.1. The summed E-state index contributed by atoms with van der Waals surface area (Å²) in [6, 6.07) is 0.379. The number of nitrogens with one attached hydrogen (secondary N) is 1. The lowest BCUT2D eigenvalue weighted by Crippen LogP contribution is -2.39. The smallest absolute Gasteiger partial charge is 0.330 e. The first-order valence-corrected chi connectivity index (χ1v) is 5.35. The van der Waals surface area contributed by atoms with Gasteiger partial charge >= 0.3 is 11.7 Å². The van der Waals surface area contributed by atoms with Gasteiger partial charge in [-0.2, -0.15) is 0 Å². The Morgan fingerprint density at radius 2 is 2.25 bits per heavy atom. The number of fused-ring (bicyclic) bond motifs is 1. The van der Waals surface area contributed by atoms with Crippen LogP contribution in [0, 0.1) is 0 Å². The molecule has 0 aliphatic heterocycles. The van der Waals surface area contributed by atoms with Crippen LogP contribution in [0.25, 0.3) is 10.2 Å². The number of hydrogen-bond donors (Lipinski definition) is 2. The molecule has 0 aliphatic rings. The number of carbonyl (C=O) groups is 1. The Bertz CT molecular complexity index is 666. The van der Waals surface area contributed by atoms with Gasteiger partial charge in [0.1, 0.15) is 10.9 Å². The summed E-state index contributed by atoms with van der Waals surface area (Å²) in [6.45, 7) is 1.29. The fourth-order valence-corrected chi connectivity index (χ4v) is 2.18. The maximum atomic E-state index is 11.8. The van der Waals surface area contributed by atoms with Crippen LogP contribution in [0.3, 0.4) is 0 Å². The average molecular weight is 240 g/mol. The van der Waals surface area contributed by atoms with Gasteiger partial charge in [-0.1, -0.05) is 0 Å². The first-order valence-electron chi connectivity index (χ1n) is 4.47. The first kappa shape index (κ1) is 10.6. The van der Waals surface area contributed by atoms with E-state index in [4.69, 9.17) is 5.11 Å². The van der Waals surface area contributed by atoms with Crippen molar-refractivity contribution in [2.24, 2.45) is 0 Å². The summed E-state index contributed by atoms with van der Waals surface area (Å²) in [6.07, 6.45) is 0. The van der Waals surface area contributed by atoms with E-state index in [2.05, 4.69) is 4.98 Å². The van der Waals surface area contributed by atoms with Crippen LogP contribution in [0.2, 0.25) is 0 Å². The van der Waals surface area contributed by atoms with Gasteiger partial charge in [-0.05, 0) is 18.4 Å². The first-order chi connectivity index (χ1) is 7.52. The van der Waals surface area contributed by atoms with Crippen molar-refractivity contribution in [1.82, 2.24) is 9.55 Å². The van der Waals surface area contributed by atoms with E-state index < -0.39 is 23.3 Å². The monoisotopic (exact) mass is 240 g/mol. The van der Waals surface area contributed by atoms with E-state index in [0.29, 0.717) is 14.8 Å². The topological polar surface area (TPSA) is 92.2 Å². The highest BCUT2D eigenvalue weighted by molar-refractivity contribution is 7.16. The van der Waals surface area contributed by atoms with Crippen molar-refractivity contribution in [3.8, 4) is 0 Å². The highest BCUT2D eigenvalue weighted by Gasteiger charge is 2.19. The molecule has 0 unspecified atom stereocenters. The molecule has 0 radical (unpaired) electrons. The molecule has 2 aromatic rings. The van der Waals surface area contributed by atoms with E-state index in [9.17, 15) is 14.4 Å². The van der Waals surface area contributed by atoms with Crippen LogP contribution in [0.5, 0.6) is 0 Å². The maximum absolute atomic E-state index is 11.8. The number of carboxylic acids is 1. The van der Waals surface area contributed by atoms with Gasteiger partial charge in [-0.3, -0.25) is 9.78 Å². The Labute approximate surface area is 92.8 Å². The van der Waals surface area contributed by atoms with E-state index in [0.717, 1.165) is 0 Å². The molecule has 16 heavy (non-hydrogen) atoms. The van der Waals surface area contributed by atoms with Gasteiger partial charge in [-0.25, -0.2) is 14.2 Å². The van der Waals surface area contributed by atoms with E-state index >= 15 is 0 Å². The van der Waals surface area contributed by atoms with Gasteiger partial charge in [0.25, 0.3) is 5.56 Å². The van der Waals surface area contributed by atoms with Gasteiger partial charge in [0, 0.05) is 0 Å². The summed E-state index contributed by atoms with van der Waals surface area (Å²) in [4.78, 5) is 37.1. The minimum absolute atomic E-state index is 0.331. The molecule has 2 heterocycles. The molecule has 2 aromatic heterocycles. The van der Waals surface area contributed by atoms with Crippen LogP contribution >= 0.6 is 11.3 Å². The number of aliphatic carboxylic acids is 1. The molecule has 84 valence electrons. The van der Waals surface area contributed by atoms with E-state index in [1.54, 1.807) is 11.4 Å². The molecule has 0 amide bonds. The number of aromatic amines is 1. The zero-order valence-corrected chi connectivity index (χ0v) is 9.08. The van der Waals surface area contributed by atoms with Gasteiger partial charge < -0.3 is 5.11 Å². The molecular formula is C9H8N2O4S. The van der Waals surface area contributed by atoms with Crippen LogP contribution < -0.4 is 11.2 Å². The molecule has 0 aliphatic carbocycles. The summed E-state index contributed by atoms with van der Waals surface area (Å²) in [5.41, 5.74) is -1.27. The Kier molecular flexibility index (Phi) is 2.39. The predicted octanol–water partition coefficient (Wildman–Crippen LogP) is 0.397. The SMILES string of the molecule is C[C@@H](C(=O)O)n1c(=O)[nH]c2sccc2c1=O. The lowest BCUT2D eigenvalue weighted by Gasteiger charge is -2.08. The second-order valence-corrected chi connectivity index (χ2v) is 4.20. The second kappa shape index (κ2) is 3.60. The molecule has 6 nitrogen and oxygen atoms in total. The van der Waals surface area contributed by atoms with Crippen molar-refractivity contribution in [2.75, 3.05) is 0 Å². The zero-order valence-electron chi connectivity index (χ0n) is 8.26. The molecule has 2 N–H and O–H groups in total. The third kappa shape index (κ3) is 1.45. The number of aromatic nitrogens is 2. The van der Waals surface area contributed by atoms with E-state index in [1.165, 1.54) is 18.3 Å². The number of thiophene rings is 1. The Morgan fingerprint density at radius 3 is 2.88 bits per heavy atom. The predicted molar refractivity (Wildman–Crippen MR) is 59.1 cm³/mol. The standard InChI is InChI=1S/C9H8N2O4S/c1-4(8(13)14)11-7(12)5-2-3-16-6(5)10-9(11)15/h2-4H,1H3,(H,10,15)(H,13,14)/t4-/m0/s1. The van der Waals surface area contributed by atoms with Crippen molar-refractivity contribution in [1.29, 1.82) is 0 Å². The Morgan fingerprint density at radius 1 is 1.56 bits per heavy atom. The minimum Gasteiger partial charge on any atom is -0.480 e. The van der Waals surface area contributed by atoms with Crippen molar-refractivity contribution in [2.45, 2.75) is 13.0 Å². The summed E-state index contributed by atoms with van der Waals surface area (Å²) in [5, 5.41) is 10.8. The number of hydrogen-bond acceptors (Lipinski definition) is 4. The van der Waals surface area contributed by atoms with Crippen LogP contribution in [0.1, 0.15) is 13.0 Å². The normalized spacial score (nSPS) is 12.8. The molecule has 0 spiro atoms. The van der Waals surface area contributed by atoms with Crippen molar-refractivity contribution >= 4 is 27.5 Å². The minimum atomic E-state index is -1.22. The lowest BCUT2D eigenvalue weighted by molar-refractivity contribution is -0.140. The second-order valence-electron chi connectivity index (χ2n) is 3.28. The molecule has 0 saturated heterocycles. The molecule has 0 saturated carbocycles. The number of rotatable bonds is 2. The highest BCUT2D eigenvalue weighted by Crippen LogP contribution is 2.13. The third-order valence-electron chi connectivity index (χ3n) is 2.30. The number of carboxylic acid groups (broad SMARTS) is 1. The quantitative estimate of drug-likeness (QED) is 0.794.